The first-order chi connectivity index (χ1) is 13.9. The monoisotopic (exact) mass is 393 g/mol. The number of phenolic OH excluding ortho intramolecular Hbond substituents is 2. The van der Waals surface area contributed by atoms with Gasteiger partial charge in [0.2, 0.25) is 0 Å². The van der Waals surface area contributed by atoms with Crippen molar-refractivity contribution in [1.29, 1.82) is 0 Å². The number of hydrogen-bond donors (Lipinski definition) is 2. The molecule has 2 aromatic carbocycles. The maximum absolute atomic E-state index is 12.9. The van der Waals surface area contributed by atoms with Gasteiger partial charge in [-0.1, -0.05) is 24.3 Å². The lowest BCUT2D eigenvalue weighted by Gasteiger charge is -2.24. The Hall–Kier alpha value is -3.38. The molecule has 2 aromatic rings. The summed E-state index contributed by atoms with van der Waals surface area (Å²) >= 11 is 0. The van der Waals surface area contributed by atoms with Crippen molar-refractivity contribution in [3.05, 3.63) is 64.7 Å². The highest BCUT2D eigenvalue weighted by atomic mass is 16.5. The number of aldehydes is 1. The molecular weight excluding hydrogens is 370 g/mol. The van der Waals surface area contributed by atoms with E-state index in [1.807, 2.05) is 13.1 Å². The molecule has 6 nitrogen and oxygen atoms in total. The summed E-state index contributed by atoms with van der Waals surface area (Å²) in [6, 6.07) is 7.86. The number of ketones is 1. The molecule has 0 radical (unpaired) electrons. The largest absolute Gasteiger partial charge is 0.508 e. The highest BCUT2D eigenvalue weighted by Gasteiger charge is 2.25. The van der Waals surface area contributed by atoms with Crippen LogP contribution in [0.2, 0.25) is 0 Å². The van der Waals surface area contributed by atoms with E-state index in [9.17, 15) is 19.8 Å². The van der Waals surface area contributed by atoms with Gasteiger partial charge in [-0.2, -0.15) is 0 Å². The van der Waals surface area contributed by atoms with E-state index in [0.29, 0.717) is 24.8 Å². The van der Waals surface area contributed by atoms with Crippen LogP contribution in [0.25, 0.3) is 11.6 Å². The minimum Gasteiger partial charge on any atom is -0.508 e. The maximum atomic E-state index is 12.9. The summed E-state index contributed by atoms with van der Waals surface area (Å²) in [5, 5.41) is 20.3. The molecular formula is C23H23NO5. The summed E-state index contributed by atoms with van der Waals surface area (Å²) in [6.45, 7) is 1.49. The number of phenols is 2. The molecule has 29 heavy (non-hydrogen) atoms. The second kappa shape index (κ2) is 8.75. The first kappa shape index (κ1) is 20.4. The zero-order valence-corrected chi connectivity index (χ0v) is 16.4. The van der Waals surface area contributed by atoms with Gasteiger partial charge in [0.05, 0.1) is 7.11 Å². The van der Waals surface area contributed by atoms with E-state index in [2.05, 4.69) is 4.90 Å². The van der Waals surface area contributed by atoms with Crippen molar-refractivity contribution in [1.82, 2.24) is 4.90 Å². The normalized spacial score (nSPS) is 14.6. The Morgan fingerprint density at radius 2 is 1.93 bits per heavy atom. The third-order valence-electron chi connectivity index (χ3n) is 4.94. The number of likely N-dealkylation sites (N-methyl/N-ethyl adjacent to an activating group) is 1. The van der Waals surface area contributed by atoms with Gasteiger partial charge in [-0.15, -0.1) is 0 Å². The van der Waals surface area contributed by atoms with E-state index in [-0.39, 0.29) is 28.4 Å². The number of hydrogen-bond acceptors (Lipinski definition) is 6. The number of carbonyl (C=O) groups excluding carboxylic acids is 2. The third kappa shape index (κ3) is 4.38. The fraction of sp³-hybridized carbons (Fsp3) is 0.217. The molecule has 0 spiro atoms. The molecule has 3 rings (SSSR count). The molecule has 0 saturated carbocycles. The predicted octanol–water partition coefficient (Wildman–Crippen LogP) is 3.53. The summed E-state index contributed by atoms with van der Waals surface area (Å²) in [6.07, 6.45) is 6.20. The lowest BCUT2D eigenvalue weighted by atomic mass is 9.90. The number of nitrogens with zero attached hydrogens (tertiary/aromatic N) is 1. The lowest BCUT2D eigenvalue weighted by Crippen LogP contribution is -2.24. The predicted molar refractivity (Wildman–Crippen MR) is 112 cm³/mol. The van der Waals surface area contributed by atoms with Gasteiger partial charge in [0.15, 0.2) is 12.1 Å². The zero-order chi connectivity index (χ0) is 21.0. The standard InChI is InChI=1S/C23H23NO5/c1-24-11-9-16(10-12-24)21-17(14-25)13-20(29-2)22(23(21)28)19(27)8-5-15-3-6-18(26)7-4-15/h3-9,13-14,26,28H,10-12H2,1-2H3/b8-5+. The first-order valence-electron chi connectivity index (χ1n) is 9.23. The highest BCUT2D eigenvalue weighted by Crippen LogP contribution is 2.40. The van der Waals surface area contributed by atoms with Gasteiger partial charge < -0.3 is 19.8 Å². The summed E-state index contributed by atoms with van der Waals surface area (Å²) in [7, 11) is 3.38. The Kier molecular flexibility index (Phi) is 6.14. The molecule has 0 aromatic heterocycles. The van der Waals surface area contributed by atoms with Crippen LogP contribution in [0.3, 0.4) is 0 Å². The fourth-order valence-electron chi connectivity index (χ4n) is 3.33. The van der Waals surface area contributed by atoms with Gasteiger partial charge in [-0.25, -0.2) is 0 Å². The molecule has 0 atom stereocenters. The summed E-state index contributed by atoms with van der Waals surface area (Å²) in [5.74, 6) is -0.419. The van der Waals surface area contributed by atoms with Crippen molar-refractivity contribution in [2.75, 3.05) is 27.2 Å². The molecule has 6 heteroatoms. The number of rotatable bonds is 6. The Morgan fingerprint density at radius 1 is 1.21 bits per heavy atom. The summed E-state index contributed by atoms with van der Waals surface area (Å²) in [5.41, 5.74) is 2.24. The van der Waals surface area contributed by atoms with Crippen molar-refractivity contribution < 1.29 is 24.5 Å². The van der Waals surface area contributed by atoms with Crippen molar-refractivity contribution in [3.63, 3.8) is 0 Å². The Balaban J connectivity index is 2.05. The number of carbonyl (C=O) groups is 2. The second-order valence-electron chi connectivity index (χ2n) is 6.92. The van der Waals surface area contributed by atoms with Crippen molar-refractivity contribution in [2.45, 2.75) is 6.42 Å². The lowest BCUT2D eigenvalue weighted by molar-refractivity contribution is 0.104. The van der Waals surface area contributed by atoms with E-state index >= 15 is 0 Å². The molecule has 0 unspecified atom stereocenters. The molecule has 0 bridgehead atoms. The van der Waals surface area contributed by atoms with Gasteiger partial charge in [-0.05, 0) is 48.9 Å². The van der Waals surface area contributed by atoms with Crippen LogP contribution < -0.4 is 4.74 Å². The highest BCUT2D eigenvalue weighted by molar-refractivity contribution is 6.12. The number of ether oxygens (including phenoxy) is 1. The van der Waals surface area contributed by atoms with Crippen LogP contribution in [-0.2, 0) is 0 Å². The van der Waals surface area contributed by atoms with Crippen LogP contribution in [0, 0.1) is 0 Å². The molecule has 1 aliphatic rings. The van der Waals surface area contributed by atoms with E-state index in [1.54, 1.807) is 18.2 Å². The van der Waals surface area contributed by atoms with E-state index in [1.165, 1.54) is 31.4 Å². The SMILES string of the molecule is COc1cc(C=O)c(C2=CCN(C)CC2)c(O)c1C(=O)/C=C/c1ccc(O)cc1. The van der Waals surface area contributed by atoms with Crippen molar-refractivity contribution in [2.24, 2.45) is 0 Å². The van der Waals surface area contributed by atoms with Crippen LogP contribution in [0.5, 0.6) is 17.2 Å². The molecule has 0 fully saturated rings. The van der Waals surface area contributed by atoms with Gasteiger partial charge in [-0.3, -0.25) is 9.59 Å². The number of methoxy groups -OCH3 is 1. The number of allylic oxidation sites excluding steroid dienone is 1. The quantitative estimate of drug-likeness (QED) is 0.444. The minimum atomic E-state index is -0.445. The van der Waals surface area contributed by atoms with Crippen LogP contribution in [0.15, 0.2) is 42.5 Å². The maximum Gasteiger partial charge on any atom is 0.193 e. The second-order valence-corrected chi connectivity index (χ2v) is 6.92. The topological polar surface area (TPSA) is 87.1 Å². The first-order valence-corrected chi connectivity index (χ1v) is 9.23. The average Bonchev–Trinajstić information content (AvgIpc) is 2.73. The van der Waals surface area contributed by atoms with E-state index in [0.717, 1.165) is 17.7 Å². The molecule has 150 valence electrons. The fourth-order valence-corrected chi connectivity index (χ4v) is 3.33. The molecule has 1 aliphatic heterocycles. The Bertz CT molecular complexity index is 989. The van der Waals surface area contributed by atoms with Crippen molar-refractivity contribution >= 4 is 23.7 Å². The minimum absolute atomic E-state index is 0.0166. The average molecular weight is 393 g/mol. The van der Waals surface area contributed by atoms with Crippen LogP contribution >= 0.6 is 0 Å². The summed E-state index contributed by atoms with van der Waals surface area (Å²) in [4.78, 5) is 26.7. The number of aromatic hydroxyl groups is 2. The van der Waals surface area contributed by atoms with E-state index < -0.39 is 5.78 Å². The molecule has 0 aliphatic carbocycles. The van der Waals surface area contributed by atoms with Crippen molar-refractivity contribution in [3.8, 4) is 17.2 Å². The van der Waals surface area contributed by atoms with Gasteiger partial charge in [0.25, 0.3) is 0 Å². The summed E-state index contributed by atoms with van der Waals surface area (Å²) < 4.78 is 5.28. The Morgan fingerprint density at radius 3 is 2.52 bits per heavy atom. The smallest absolute Gasteiger partial charge is 0.193 e. The van der Waals surface area contributed by atoms with Crippen LogP contribution in [0.4, 0.5) is 0 Å². The van der Waals surface area contributed by atoms with Gasteiger partial charge >= 0.3 is 0 Å². The number of benzene rings is 2. The molecule has 0 amide bonds. The zero-order valence-electron chi connectivity index (χ0n) is 16.4. The third-order valence-corrected chi connectivity index (χ3v) is 4.94. The molecule has 2 N–H and O–H groups in total. The molecule has 0 saturated heterocycles. The van der Waals surface area contributed by atoms with Crippen LogP contribution in [-0.4, -0.2) is 54.4 Å². The van der Waals surface area contributed by atoms with Gasteiger partial charge in [0, 0.05) is 24.2 Å². The molecule has 1 heterocycles. The van der Waals surface area contributed by atoms with Crippen LogP contribution in [0.1, 0.15) is 38.3 Å². The van der Waals surface area contributed by atoms with E-state index in [4.69, 9.17) is 4.74 Å². The Labute approximate surface area is 169 Å². The van der Waals surface area contributed by atoms with Gasteiger partial charge in [0.1, 0.15) is 22.8 Å².